The topological polar surface area (TPSA) is 106 Å². The molecule has 0 saturated carbocycles. The fourth-order valence-electron chi connectivity index (χ4n) is 3.09. The number of carbonyl (C=O) groups is 2. The molecule has 9 heteroatoms. The van der Waals surface area contributed by atoms with Crippen molar-refractivity contribution in [2.75, 3.05) is 39.3 Å². The standard InChI is InChI=1S/C19H25FN4O4/c1-14(22-19(26)27)18(25)24-8-2-6-23(9-10-24)7-3-11-28-16-5-4-15(13-21)17(20)12-16/h4-5,12,14,22H,2-3,6-11H2,1H3,(H,26,27)/t14-/m1/s1. The first kappa shape index (κ1) is 21.4. The van der Waals surface area contributed by atoms with Gasteiger partial charge in [-0.25, -0.2) is 9.18 Å². The number of carbonyl (C=O) groups excluding carboxylic acids is 1. The summed E-state index contributed by atoms with van der Waals surface area (Å²) in [4.78, 5) is 26.9. The average molecular weight is 392 g/mol. The van der Waals surface area contributed by atoms with E-state index in [1.165, 1.54) is 12.1 Å². The average Bonchev–Trinajstić information content (AvgIpc) is 2.90. The quantitative estimate of drug-likeness (QED) is 0.684. The number of halogens is 1. The number of rotatable bonds is 7. The minimum atomic E-state index is -1.21. The lowest BCUT2D eigenvalue weighted by Crippen LogP contribution is -2.47. The Hall–Kier alpha value is -2.86. The van der Waals surface area contributed by atoms with Crippen molar-refractivity contribution in [1.82, 2.24) is 15.1 Å². The summed E-state index contributed by atoms with van der Waals surface area (Å²) in [7, 11) is 0. The van der Waals surface area contributed by atoms with Gasteiger partial charge in [0.25, 0.3) is 0 Å². The molecule has 1 fully saturated rings. The summed E-state index contributed by atoms with van der Waals surface area (Å²) in [5, 5.41) is 19.6. The first-order valence-electron chi connectivity index (χ1n) is 9.23. The van der Waals surface area contributed by atoms with Crippen molar-refractivity contribution in [3.8, 4) is 11.8 Å². The highest BCUT2D eigenvalue weighted by molar-refractivity contribution is 5.84. The van der Waals surface area contributed by atoms with Gasteiger partial charge in [0.15, 0.2) is 0 Å². The first-order chi connectivity index (χ1) is 13.4. The summed E-state index contributed by atoms with van der Waals surface area (Å²) in [5.41, 5.74) is -0.0103. The van der Waals surface area contributed by atoms with Crippen molar-refractivity contribution in [3.63, 3.8) is 0 Å². The van der Waals surface area contributed by atoms with E-state index < -0.39 is 18.0 Å². The number of nitrogens with zero attached hydrogens (tertiary/aromatic N) is 3. The molecule has 0 spiro atoms. The van der Waals surface area contributed by atoms with E-state index in [9.17, 15) is 14.0 Å². The van der Waals surface area contributed by atoms with Gasteiger partial charge in [0, 0.05) is 32.2 Å². The number of nitriles is 1. The zero-order valence-electron chi connectivity index (χ0n) is 15.9. The predicted molar refractivity (Wildman–Crippen MR) is 99.5 cm³/mol. The maximum absolute atomic E-state index is 13.5. The van der Waals surface area contributed by atoms with Gasteiger partial charge in [0.1, 0.15) is 23.7 Å². The largest absolute Gasteiger partial charge is 0.493 e. The zero-order chi connectivity index (χ0) is 20.5. The minimum Gasteiger partial charge on any atom is -0.493 e. The molecule has 0 aliphatic carbocycles. The summed E-state index contributed by atoms with van der Waals surface area (Å²) in [6.45, 7) is 5.44. The zero-order valence-corrected chi connectivity index (χ0v) is 15.9. The second-order valence-corrected chi connectivity index (χ2v) is 6.65. The van der Waals surface area contributed by atoms with Crippen LogP contribution in [0.3, 0.4) is 0 Å². The second-order valence-electron chi connectivity index (χ2n) is 6.65. The van der Waals surface area contributed by atoms with E-state index in [4.69, 9.17) is 15.1 Å². The van der Waals surface area contributed by atoms with E-state index >= 15 is 0 Å². The van der Waals surface area contributed by atoms with Crippen LogP contribution in [0.5, 0.6) is 5.75 Å². The van der Waals surface area contributed by atoms with Crippen LogP contribution in [-0.2, 0) is 4.79 Å². The molecule has 1 heterocycles. The molecule has 0 unspecified atom stereocenters. The highest BCUT2D eigenvalue weighted by atomic mass is 19.1. The molecule has 28 heavy (non-hydrogen) atoms. The van der Waals surface area contributed by atoms with Gasteiger partial charge in [-0.1, -0.05) is 0 Å². The molecule has 8 nitrogen and oxygen atoms in total. The molecule has 0 radical (unpaired) electrons. The first-order valence-corrected chi connectivity index (χ1v) is 9.23. The fourth-order valence-corrected chi connectivity index (χ4v) is 3.09. The number of nitrogens with one attached hydrogen (secondary N) is 1. The Kier molecular flexibility index (Phi) is 8.02. The van der Waals surface area contributed by atoms with Crippen molar-refractivity contribution < 1.29 is 23.8 Å². The van der Waals surface area contributed by atoms with Gasteiger partial charge in [0.05, 0.1) is 12.2 Å². The lowest BCUT2D eigenvalue weighted by atomic mass is 10.2. The van der Waals surface area contributed by atoms with Crippen LogP contribution in [0.2, 0.25) is 0 Å². The summed E-state index contributed by atoms with van der Waals surface area (Å²) >= 11 is 0. The van der Waals surface area contributed by atoms with Crippen molar-refractivity contribution >= 4 is 12.0 Å². The number of hydrogen-bond acceptors (Lipinski definition) is 5. The molecule has 1 aliphatic heterocycles. The van der Waals surface area contributed by atoms with Crippen LogP contribution in [0.25, 0.3) is 0 Å². The van der Waals surface area contributed by atoms with Crippen LogP contribution >= 0.6 is 0 Å². The van der Waals surface area contributed by atoms with Crippen molar-refractivity contribution in [3.05, 3.63) is 29.6 Å². The fraction of sp³-hybridized carbons (Fsp3) is 0.526. The third kappa shape index (κ3) is 6.39. The van der Waals surface area contributed by atoms with Crippen LogP contribution in [0.1, 0.15) is 25.3 Å². The van der Waals surface area contributed by atoms with E-state index in [2.05, 4.69) is 10.2 Å². The van der Waals surface area contributed by atoms with Crippen LogP contribution < -0.4 is 10.1 Å². The Morgan fingerprint density at radius 2 is 2.14 bits per heavy atom. The number of ether oxygens (including phenoxy) is 1. The van der Waals surface area contributed by atoms with Crippen LogP contribution in [0, 0.1) is 17.1 Å². The van der Waals surface area contributed by atoms with Crippen LogP contribution in [-0.4, -0.2) is 72.3 Å². The normalized spacial score (nSPS) is 16.0. The molecule has 0 bridgehead atoms. The summed E-state index contributed by atoms with van der Waals surface area (Å²) in [5.74, 6) is -0.414. The van der Waals surface area contributed by atoms with Crippen LogP contribution in [0.15, 0.2) is 18.2 Å². The number of amides is 2. The molecule has 2 N–H and O–H groups in total. The Labute approximate surface area is 163 Å². The molecule has 1 aliphatic rings. The molecule has 1 aromatic carbocycles. The Balaban J connectivity index is 1.72. The predicted octanol–water partition coefficient (Wildman–Crippen LogP) is 1.66. The van der Waals surface area contributed by atoms with Crippen LogP contribution in [0.4, 0.5) is 9.18 Å². The van der Waals surface area contributed by atoms with E-state index in [0.717, 1.165) is 25.9 Å². The molecule has 152 valence electrons. The lowest BCUT2D eigenvalue weighted by molar-refractivity contribution is -0.132. The van der Waals surface area contributed by atoms with E-state index in [1.807, 2.05) is 0 Å². The summed E-state index contributed by atoms with van der Waals surface area (Å²) in [6.07, 6.45) is 0.346. The van der Waals surface area contributed by atoms with E-state index in [1.54, 1.807) is 24.0 Å². The molecule has 2 rings (SSSR count). The second kappa shape index (κ2) is 10.5. The van der Waals surface area contributed by atoms with E-state index in [0.29, 0.717) is 32.0 Å². The van der Waals surface area contributed by atoms with Gasteiger partial charge < -0.3 is 25.0 Å². The highest BCUT2D eigenvalue weighted by Crippen LogP contribution is 2.16. The van der Waals surface area contributed by atoms with Gasteiger partial charge in [-0.3, -0.25) is 4.79 Å². The van der Waals surface area contributed by atoms with Gasteiger partial charge >= 0.3 is 6.09 Å². The van der Waals surface area contributed by atoms with Crippen molar-refractivity contribution in [2.24, 2.45) is 0 Å². The molecule has 1 aromatic rings. The number of carboxylic acid groups (broad SMARTS) is 1. The third-order valence-electron chi connectivity index (χ3n) is 4.56. The van der Waals surface area contributed by atoms with Crippen molar-refractivity contribution in [1.29, 1.82) is 5.26 Å². The van der Waals surface area contributed by atoms with E-state index in [-0.39, 0.29) is 11.5 Å². The number of hydrogen-bond donors (Lipinski definition) is 2. The molecular formula is C19H25FN4O4. The molecule has 1 saturated heterocycles. The van der Waals surface area contributed by atoms with Gasteiger partial charge in [-0.15, -0.1) is 0 Å². The van der Waals surface area contributed by atoms with Gasteiger partial charge in [0.2, 0.25) is 5.91 Å². The Morgan fingerprint density at radius 1 is 1.36 bits per heavy atom. The molecule has 0 aromatic heterocycles. The van der Waals surface area contributed by atoms with Gasteiger partial charge in [-0.05, 0) is 38.4 Å². The molecule has 1 atom stereocenters. The number of benzene rings is 1. The third-order valence-corrected chi connectivity index (χ3v) is 4.56. The minimum absolute atomic E-state index is 0.0103. The smallest absolute Gasteiger partial charge is 0.405 e. The summed E-state index contributed by atoms with van der Waals surface area (Å²) in [6, 6.07) is 5.18. The maximum Gasteiger partial charge on any atom is 0.405 e. The Morgan fingerprint density at radius 3 is 2.82 bits per heavy atom. The van der Waals surface area contributed by atoms with Gasteiger partial charge in [-0.2, -0.15) is 5.26 Å². The summed E-state index contributed by atoms with van der Waals surface area (Å²) < 4.78 is 19.1. The Bertz CT molecular complexity index is 737. The monoisotopic (exact) mass is 392 g/mol. The maximum atomic E-state index is 13.5. The highest BCUT2D eigenvalue weighted by Gasteiger charge is 2.24. The molecular weight excluding hydrogens is 367 g/mol. The molecule has 2 amide bonds. The lowest BCUT2D eigenvalue weighted by Gasteiger charge is -2.24. The SMILES string of the molecule is C[C@@H](NC(=O)O)C(=O)N1CCCN(CCCOc2ccc(C#N)c(F)c2)CC1. The van der Waals surface area contributed by atoms with Crippen molar-refractivity contribution in [2.45, 2.75) is 25.8 Å².